The van der Waals surface area contributed by atoms with Crippen LogP contribution in [0.25, 0.3) is 10.8 Å². The Morgan fingerprint density at radius 2 is 1.29 bits per heavy atom. The average Bonchev–Trinajstić information content (AvgIpc) is 2.64. The van der Waals surface area contributed by atoms with E-state index in [-0.39, 0.29) is 0 Å². The minimum atomic E-state index is 0.911. The molecule has 122 valence electrons. The van der Waals surface area contributed by atoms with E-state index in [1.807, 2.05) is 0 Å². The first-order chi connectivity index (χ1) is 11.9. The van der Waals surface area contributed by atoms with Gasteiger partial charge < -0.3 is 0 Å². The van der Waals surface area contributed by atoms with Gasteiger partial charge in [-0.2, -0.15) is 0 Å². The first-order valence-corrected chi connectivity index (χ1v) is 9.42. The molecule has 24 heavy (non-hydrogen) atoms. The molecular formula is C24H26. The monoisotopic (exact) mass is 314 g/mol. The standard InChI is InChI=1S/C24H26/c1-3-7-19(8-4-1)15-21-11-13-24-18-22(12-14-23(24)17-21)16-20-9-5-2-6-10-20/h1,3-4,7-8,11-14,17-18,20H,2,5-6,9-10,15-16H2. The van der Waals surface area contributed by atoms with Gasteiger partial charge in [-0.3, -0.25) is 0 Å². The van der Waals surface area contributed by atoms with Crippen LogP contribution in [-0.2, 0) is 12.8 Å². The van der Waals surface area contributed by atoms with Crippen LogP contribution in [0.2, 0.25) is 0 Å². The van der Waals surface area contributed by atoms with Gasteiger partial charge in [-0.05, 0) is 46.2 Å². The van der Waals surface area contributed by atoms with Crippen molar-refractivity contribution in [3.05, 3.63) is 83.4 Å². The number of benzene rings is 3. The summed E-state index contributed by atoms with van der Waals surface area (Å²) in [5.41, 5.74) is 4.30. The van der Waals surface area contributed by atoms with Gasteiger partial charge >= 0.3 is 0 Å². The highest BCUT2D eigenvalue weighted by Gasteiger charge is 2.14. The maximum atomic E-state index is 2.41. The first kappa shape index (κ1) is 15.4. The van der Waals surface area contributed by atoms with Crippen molar-refractivity contribution in [1.29, 1.82) is 0 Å². The van der Waals surface area contributed by atoms with E-state index in [4.69, 9.17) is 0 Å². The molecular weight excluding hydrogens is 288 g/mol. The Hall–Kier alpha value is -2.08. The third-order valence-corrected chi connectivity index (χ3v) is 5.47. The molecule has 0 heteroatoms. The van der Waals surface area contributed by atoms with Crippen LogP contribution in [0.4, 0.5) is 0 Å². The van der Waals surface area contributed by atoms with E-state index < -0.39 is 0 Å². The Bertz CT molecular complexity index is 795. The van der Waals surface area contributed by atoms with Gasteiger partial charge in [0.05, 0.1) is 0 Å². The number of hydrogen-bond donors (Lipinski definition) is 0. The van der Waals surface area contributed by atoms with E-state index in [1.54, 1.807) is 0 Å². The lowest BCUT2D eigenvalue weighted by molar-refractivity contribution is 0.357. The fourth-order valence-electron chi connectivity index (χ4n) is 4.14. The van der Waals surface area contributed by atoms with Crippen LogP contribution in [-0.4, -0.2) is 0 Å². The molecule has 0 nitrogen and oxygen atoms in total. The zero-order valence-corrected chi connectivity index (χ0v) is 14.4. The third kappa shape index (κ3) is 3.70. The Morgan fingerprint density at radius 1 is 0.625 bits per heavy atom. The summed E-state index contributed by atoms with van der Waals surface area (Å²) in [6.45, 7) is 0. The predicted molar refractivity (Wildman–Crippen MR) is 103 cm³/mol. The lowest BCUT2D eigenvalue weighted by Crippen LogP contribution is -2.09. The quantitative estimate of drug-likeness (QED) is 0.512. The number of fused-ring (bicyclic) bond motifs is 1. The normalized spacial score (nSPS) is 15.7. The summed E-state index contributed by atoms with van der Waals surface area (Å²) in [7, 11) is 0. The highest BCUT2D eigenvalue weighted by Crippen LogP contribution is 2.28. The molecule has 1 fully saturated rings. The van der Waals surface area contributed by atoms with Gasteiger partial charge in [0.1, 0.15) is 0 Å². The number of rotatable bonds is 4. The van der Waals surface area contributed by atoms with Crippen LogP contribution in [0.1, 0.15) is 48.8 Å². The van der Waals surface area contributed by atoms with Crippen LogP contribution in [0.15, 0.2) is 66.7 Å². The molecule has 0 atom stereocenters. The number of hydrogen-bond acceptors (Lipinski definition) is 0. The topological polar surface area (TPSA) is 0 Å². The minimum absolute atomic E-state index is 0.911. The average molecular weight is 314 g/mol. The predicted octanol–water partition coefficient (Wildman–Crippen LogP) is 6.55. The summed E-state index contributed by atoms with van der Waals surface area (Å²) in [4.78, 5) is 0. The Morgan fingerprint density at radius 3 is 2.04 bits per heavy atom. The fourth-order valence-corrected chi connectivity index (χ4v) is 4.14. The fraction of sp³-hybridized carbons (Fsp3) is 0.333. The van der Waals surface area contributed by atoms with E-state index in [9.17, 15) is 0 Å². The smallest absolute Gasteiger partial charge is 0.00256 e. The maximum absolute atomic E-state index is 2.41. The molecule has 1 aliphatic rings. The van der Waals surface area contributed by atoms with Crippen molar-refractivity contribution in [2.45, 2.75) is 44.9 Å². The van der Waals surface area contributed by atoms with Gasteiger partial charge in [-0.1, -0.05) is 98.8 Å². The van der Waals surface area contributed by atoms with Crippen LogP contribution < -0.4 is 0 Å². The first-order valence-electron chi connectivity index (χ1n) is 9.42. The van der Waals surface area contributed by atoms with Gasteiger partial charge in [-0.15, -0.1) is 0 Å². The lowest BCUT2D eigenvalue weighted by atomic mass is 9.84. The van der Waals surface area contributed by atoms with Crippen molar-refractivity contribution in [3.63, 3.8) is 0 Å². The van der Waals surface area contributed by atoms with Gasteiger partial charge in [0.15, 0.2) is 0 Å². The second-order valence-corrected chi connectivity index (χ2v) is 7.39. The van der Waals surface area contributed by atoms with Crippen molar-refractivity contribution in [2.24, 2.45) is 5.92 Å². The third-order valence-electron chi connectivity index (χ3n) is 5.47. The second-order valence-electron chi connectivity index (χ2n) is 7.39. The molecule has 0 N–H and O–H groups in total. The molecule has 3 aromatic carbocycles. The molecule has 3 aromatic rings. The Kier molecular flexibility index (Phi) is 4.64. The van der Waals surface area contributed by atoms with Crippen LogP contribution >= 0.6 is 0 Å². The summed E-state index contributed by atoms with van der Waals surface area (Å²) in [6.07, 6.45) is 9.44. The molecule has 0 heterocycles. The molecule has 1 aliphatic carbocycles. The summed E-state index contributed by atoms with van der Waals surface area (Å²) in [5.74, 6) is 0.911. The summed E-state index contributed by atoms with van der Waals surface area (Å²) in [6, 6.07) is 24.8. The highest BCUT2D eigenvalue weighted by atomic mass is 14.2. The molecule has 0 aliphatic heterocycles. The Labute approximate surface area is 145 Å². The summed E-state index contributed by atoms with van der Waals surface area (Å²) >= 11 is 0. The van der Waals surface area contributed by atoms with E-state index in [0.29, 0.717) is 0 Å². The van der Waals surface area contributed by atoms with Crippen molar-refractivity contribution in [3.8, 4) is 0 Å². The van der Waals surface area contributed by atoms with Crippen molar-refractivity contribution in [1.82, 2.24) is 0 Å². The highest BCUT2D eigenvalue weighted by molar-refractivity contribution is 5.84. The summed E-state index contributed by atoms with van der Waals surface area (Å²) < 4.78 is 0. The molecule has 4 rings (SSSR count). The Balaban J connectivity index is 1.52. The molecule has 0 spiro atoms. The molecule has 0 unspecified atom stereocenters. The van der Waals surface area contributed by atoms with E-state index in [0.717, 1.165) is 12.3 Å². The molecule has 0 bridgehead atoms. The largest absolute Gasteiger partial charge is 0.0622 e. The summed E-state index contributed by atoms with van der Waals surface area (Å²) in [5, 5.41) is 2.76. The van der Waals surface area contributed by atoms with E-state index >= 15 is 0 Å². The van der Waals surface area contributed by atoms with Crippen molar-refractivity contribution < 1.29 is 0 Å². The van der Waals surface area contributed by atoms with Gasteiger partial charge in [0, 0.05) is 0 Å². The maximum Gasteiger partial charge on any atom is -0.00256 e. The van der Waals surface area contributed by atoms with Crippen LogP contribution in [0.3, 0.4) is 0 Å². The van der Waals surface area contributed by atoms with Crippen LogP contribution in [0, 0.1) is 5.92 Å². The molecule has 0 aromatic heterocycles. The van der Waals surface area contributed by atoms with Gasteiger partial charge in [0.2, 0.25) is 0 Å². The minimum Gasteiger partial charge on any atom is -0.0622 e. The molecule has 1 saturated carbocycles. The van der Waals surface area contributed by atoms with Gasteiger partial charge in [-0.25, -0.2) is 0 Å². The molecule has 0 amide bonds. The van der Waals surface area contributed by atoms with Crippen molar-refractivity contribution >= 4 is 10.8 Å². The zero-order chi connectivity index (χ0) is 16.2. The van der Waals surface area contributed by atoms with Gasteiger partial charge in [0.25, 0.3) is 0 Å². The van der Waals surface area contributed by atoms with Crippen molar-refractivity contribution in [2.75, 3.05) is 0 Å². The molecule has 0 saturated heterocycles. The SMILES string of the molecule is c1ccc(Cc2ccc3cc(CC4CCCCC4)ccc3c2)cc1. The lowest BCUT2D eigenvalue weighted by Gasteiger charge is -2.21. The zero-order valence-electron chi connectivity index (χ0n) is 14.4. The molecule has 0 radical (unpaired) electrons. The van der Waals surface area contributed by atoms with E-state index in [2.05, 4.69) is 66.7 Å². The van der Waals surface area contributed by atoms with E-state index in [1.165, 1.54) is 66.0 Å². The van der Waals surface area contributed by atoms with Crippen LogP contribution in [0.5, 0.6) is 0 Å². The second kappa shape index (κ2) is 7.21.